The van der Waals surface area contributed by atoms with Gasteiger partial charge >= 0.3 is 5.97 Å². The Kier molecular flexibility index (Phi) is 8.34. The molecule has 1 aromatic rings. The summed E-state index contributed by atoms with van der Waals surface area (Å²) in [4.78, 5) is 11.8. The number of hydrogen-bond donors (Lipinski definition) is 7. The van der Waals surface area contributed by atoms with Gasteiger partial charge in [0.2, 0.25) is 0 Å². The average Bonchev–Trinajstić information content (AvgIpc) is 2.71. The van der Waals surface area contributed by atoms with Crippen LogP contribution in [-0.2, 0) is 19.0 Å². The van der Waals surface area contributed by atoms with Crippen molar-refractivity contribution >= 4 is 12.0 Å². The monoisotopic (exact) mass is 416 g/mol. The Balaban J connectivity index is 1.88. The number of aliphatic hydroxyl groups excluding tert-OH is 5. The van der Waals surface area contributed by atoms with E-state index < -0.39 is 62.6 Å². The molecule has 0 aliphatic carbocycles. The topological polar surface area (TPSA) is 186 Å². The van der Waals surface area contributed by atoms with Crippen molar-refractivity contribution in [2.75, 3.05) is 19.8 Å². The summed E-state index contributed by atoms with van der Waals surface area (Å²) in [7, 11) is 0. The van der Waals surface area contributed by atoms with Gasteiger partial charge in [-0.1, -0.05) is 6.07 Å². The first kappa shape index (κ1) is 23.0. The maximum absolute atomic E-state index is 11.8. The molecule has 2 rings (SSSR count). The Labute approximate surface area is 165 Å². The van der Waals surface area contributed by atoms with Crippen LogP contribution in [0, 0.1) is 0 Å². The molecule has 0 saturated carbocycles. The molecule has 1 heterocycles. The number of aliphatic hydroxyl groups is 5. The molecular weight excluding hydrogens is 392 g/mol. The molecule has 0 spiro atoms. The molecular formula is C18H24O11. The molecule has 1 saturated heterocycles. The molecule has 1 aromatic carbocycles. The third-order valence-corrected chi connectivity index (χ3v) is 4.20. The van der Waals surface area contributed by atoms with Crippen LogP contribution in [0.3, 0.4) is 0 Å². The van der Waals surface area contributed by atoms with E-state index in [1.807, 2.05) is 0 Å². The van der Waals surface area contributed by atoms with Crippen molar-refractivity contribution in [3.05, 3.63) is 29.8 Å². The number of esters is 1. The van der Waals surface area contributed by atoms with Crippen molar-refractivity contribution in [1.82, 2.24) is 0 Å². The Bertz CT molecular complexity index is 705. The predicted octanol–water partition coefficient (Wildman–Crippen LogP) is -2.17. The summed E-state index contributed by atoms with van der Waals surface area (Å²) < 4.78 is 15.4. The number of hydrogen-bond acceptors (Lipinski definition) is 11. The van der Waals surface area contributed by atoms with E-state index in [0.29, 0.717) is 5.56 Å². The van der Waals surface area contributed by atoms with Crippen molar-refractivity contribution in [3.63, 3.8) is 0 Å². The molecule has 11 heteroatoms. The van der Waals surface area contributed by atoms with Gasteiger partial charge in [0.1, 0.15) is 37.1 Å². The molecule has 0 bridgehead atoms. The molecule has 7 N–H and O–H groups in total. The Hall–Kier alpha value is -2.25. The molecule has 1 fully saturated rings. The van der Waals surface area contributed by atoms with Gasteiger partial charge in [-0.2, -0.15) is 0 Å². The van der Waals surface area contributed by atoms with Crippen LogP contribution in [0.5, 0.6) is 11.5 Å². The van der Waals surface area contributed by atoms with Crippen LogP contribution in [0.1, 0.15) is 5.56 Å². The van der Waals surface area contributed by atoms with Gasteiger partial charge in [0.05, 0.1) is 13.2 Å². The van der Waals surface area contributed by atoms with Gasteiger partial charge in [-0.15, -0.1) is 0 Å². The molecule has 6 atom stereocenters. The van der Waals surface area contributed by atoms with Crippen LogP contribution < -0.4 is 0 Å². The molecule has 11 nitrogen and oxygen atoms in total. The van der Waals surface area contributed by atoms with E-state index in [1.165, 1.54) is 24.3 Å². The highest BCUT2D eigenvalue weighted by atomic mass is 16.7. The minimum absolute atomic E-state index is 0.305. The van der Waals surface area contributed by atoms with Gasteiger partial charge in [-0.05, 0) is 23.8 Å². The van der Waals surface area contributed by atoms with E-state index in [-0.39, 0.29) is 11.5 Å². The molecule has 162 valence electrons. The van der Waals surface area contributed by atoms with Crippen LogP contribution in [-0.4, -0.2) is 98.3 Å². The summed E-state index contributed by atoms with van der Waals surface area (Å²) >= 11 is 0. The van der Waals surface area contributed by atoms with Crippen LogP contribution in [0.4, 0.5) is 0 Å². The number of aromatic hydroxyl groups is 2. The van der Waals surface area contributed by atoms with Crippen LogP contribution in [0.2, 0.25) is 0 Å². The number of phenolic OH excluding ortho intramolecular Hbond substituents is 2. The molecule has 29 heavy (non-hydrogen) atoms. The van der Waals surface area contributed by atoms with Crippen molar-refractivity contribution in [1.29, 1.82) is 0 Å². The second-order valence-electron chi connectivity index (χ2n) is 6.35. The van der Waals surface area contributed by atoms with Gasteiger partial charge in [0.15, 0.2) is 17.8 Å². The van der Waals surface area contributed by atoms with E-state index in [4.69, 9.17) is 19.3 Å². The van der Waals surface area contributed by atoms with E-state index in [9.17, 15) is 35.4 Å². The summed E-state index contributed by atoms with van der Waals surface area (Å²) in [6.45, 7) is -1.67. The van der Waals surface area contributed by atoms with Crippen LogP contribution >= 0.6 is 0 Å². The molecule has 0 aromatic heterocycles. The third kappa shape index (κ3) is 6.11. The lowest BCUT2D eigenvalue weighted by molar-refractivity contribution is -0.315. The van der Waals surface area contributed by atoms with E-state index in [1.54, 1.807) is 0 Å². The zero-order chi connectivity index (χ0) is 21.6. The largest absolute Gasteiger partial charge is 0.504 e. The summed E-state index contributed by atoms with van der Waals surface area (Å²) in [5.74, 6) is -1.46. The summed E-state index contributed by atoms with van der Waals surface area (Å²) in [5, 5.41) is 66.5. The van der Waals surface area contributed by atoms with Gasteiger partial charge in [0.25, 0.3) is 0 Å². The Morgan fingerprint density at radius 2 is 1.83 bits per heavy atom. The highest BCUT2D eigenvalue weighted by molar-refractivity contribution is 5.87. The number of benzene rings is 1. The zero-order valence-electron chi connectivity index (χ0n) is 15.2. The van der Waals surface area contributed by atoms with E-state index >= 15 is 0 Å². The second-order valence-corrected chi connectivity index (χ2v) is 6.35. The fourth-order valence-electron chi connectivity index (χ4n) is 2.54. The number of phenols is 2. The fraction of sp³-hybridized carbons (Fsp3) is 0.500. The molecule has 0 radical (unpaired) electrons. The van der Waals surface area contributed by atoms with Crippen LogP contribution in [0.25, 0.3) is 6.08 Å². The first-order valence-corrected chi connectivity index (χ1v) is 8.70. The molecule has 0 amide bonds. The lowest BCUT2D eigenvalue weighted by Crippen LogP contribution is -2.60. The van der Waals surface area contributed by atoms with E-state index in [2.05, 4.69) is 0 Å². The quantitative estimate of drug-likeness (QED) is 0.139. The van der Waals surface area contributed by atoms with Crippen molar-refractivity contribution in [2.45, 2.75) is 36.8 Å². The average molecular weight is 416 g/mol. The predicted molar refractivity (Wildman–Crippen MR) is 95.5 cm³/mol. The molecule has 1 unspecified atom stereocenters. The van der Waals surface area contributed by atoms with Crippen molar-refractivity contribution in [3.8, 4) is 11.5 Å². The van der Waals surface area contributed by atoms with Crippen molar-refractivity contribution < 1.29 is 54.8 Å². The summed E-state index contributed by atoms with van der Waals surface area (Å²) in [5.41, 5.74) is 0.425. The van der Waals surface area contributed by atoms with E-state index in [0.717, 1.165) is 6.08 Å². The lowest BCUT2D eigenvalue weighted by Gasteiger charge is -2.40. The van der Waals surface area contributed by atoms with Gasteiger partial charge in [-0.25, -0.2) is 4.79 Å². The minimum atomic E-state index is -1.65. The minimum Gasteiger partial charge on any atom is -0.504 e. The number of ether oxygens (including phenoxy) is 3. The number of carbonyl (C=O) groups is 1. The fourth-order valence-corrected chi connectivity index (χ4v) is 2.54. The highest BCUT2D eigenvalue weighted by Crippen LogP contribution is 2.25. The standard InChI is InChI=1S/C18H24O11/c19-6-10(28-18-17(26)16(25)15(24)13(7-20)29-18)8-27-14(23)4-2-9-1-3-11(21)12(22)5-9/h1-5,10,13,15-22,24-26H,6-8H2/b4-2+/t10?,13-,15-,16+,17+,18-/m1/s1. The van der Waals surface area contributed by atoms with Crippen LogP contribution in [0.15, 0.2) is 24.3 Å². The first-order chi connectivity index (χ1) is 13.8. The maximum atomic E-state index is 11.8. The summed E-state index contributed by atoms with van der Waals surface area (Å²) in [6, 6.07) is 3.94. The first-order valence-electron chi connectivity index (χ1n) is 8.70. The molecule has 1 aliphatic heterocycles. The van der Waals surface area contributed by atoms with Crippen molar-refractivity contribution in [2.24, 2.45) is 0 Å². The maximum Gasteiger partial charge on any atom is 0.330 e. The normalized spacial score (nSPS) is 28.4. The third-order valence-electron chi connectivity index (χ3n) is 4.20. The SMILES string of the molecule is O=C(/C=C/c1ccc(O)c(O)c1)OCC(CO)O[C@@H]1O[C@H](CO)[C@@H](O)[C@H](O)[C@@H]1O. The zero-order valence-corrected chi connectivity index (χ0v) is 15.2. The number of rotatable bonds is 8. The van der Waals surface area contributed by atoms with Gasteiger partial charge in [-0.3, -0.25) is 0 Å². The Morgan fingerprint density at radius 1 is 1.10 bits per heavy atom. The Morgan fingerprint density at radius 3 is 2.45 bits per heavy atom. The van der Waals surface area contributed by atoms with Gasteiger partial charge in [0, 0.05) is 6.08 Å². The van der Waals surface area contributed by atoms with Gasteiger partial charge < -0.3 is 50.0 Å². The summed E-state index contributed by atoms with van der Waals surface area (Å²) in [6.07, 6.45) is -6.24. The molecule has 1 aliphatic rings. The second kappa shape index (κ2) is 10.5. The number of carbonyl (C=O) groups excluding carboxylic acids is 1. The smallest absolute Gasteiger partial charge is 0.330 e. The lowest BCUT2D eigenvalue weighted by atomic mass is 9.99. The highest BCUT2D eigenvalue weighted by Gasteiger charge is 2.44.